The summed E-state index contributed by atoms with van der Waals surface area (Å²) in [5, 5.41) is 88.6. The van der Waals surface area contributed by atoms with Gasteiger partial charge >= 0.3 is 47.8 Å². The number of carboxylic acid groups (broad SMARTS) is 5. The van der Waals surface area contributed by atoms with Gasteiger partial charge in [-0.05, 0) is 132 Å². The number of aliphatic carboxylic acids is 5. The molecule has 6 heterocycles. The van der Waals surface area contributed by atoms with Gasteiger partial charge in [0, 0.05) is 97.2 Å². The zero-order valence-corrected chi connectivity index (χ0v) is 58.6. The number of rotatable bonds is 17. The Hall–Kier alpha value is -9.66. The fraction of sp³-hybridized carbons (Fsp3) is 0.425. The number of H-pyrrole nitrogens is 1. The molecule has 1 spiro atoms. The first-order valence-electron chi connectivity index (χ1n) is 32.8. The molecule has 2 bridgehead atoms. The van der Waals surface area contributed by atoms with Crippen molar-refractivity contribution < 1.29 is 121 Å². The predicted molar refractivity (Wildman–Crippen MR) is 367 cm³/mol. The highest BCUT2D eigenvalue weighted by Crippen LogP contribution is 2.68. The van der Waals surface area contributed by atoms with E-state index >= 15 is 4.79 Å². The molecule has 1 saturated heterocycles. The van der Waals surface area contributed by atoms with Crippen LogP contribution in [-0.2, 0) is 79.8 Å². The molecule has 7 aliphatic rings. The van der Waals surface area contributed by atoms with Crippen molar-refractivity contribution in [3.8, 4) is 5.75 Å². The van der Waals surface area contributed by atoms with Crippen LogP contribution in [0.4, 0.5) is 10.1 Å². The van der Waals surface area contributed by atoms with E-state index in [1.165, 1.54) is 51.0 Å². The van der Waals surface area contributed by atoms with Crippen LogP contribution in [0.2, 0.25) is 0 Å². The van der Waals surface area contributed by atoms with E-state index in [0.29, 0.717) is 61.3 Å². The highest BCUT2D eigenvalue weighted by atomic mass is 32.2. The SMILES string of the molecule is CC1=C(CC(=O)O)c2cc(F)ccc2/C1=C\c1ccc(S(C)(=O)=O)cc1.CCC1=CC2CN(C1)Cc1c([nH]c3ccccc13)[C@@](C(=O)OC)(c1cc3c(cc1OC)N(C)[C@H]1[C@@](O)(C(=O)OC)[C@H](OC(C)=O)[C@]4(CC)C=CCN5CC[C@]31[C@@H]54)C2.O=C(O)[C@H](O)[C@@H](O)C(=O)O.O=C(O)[C@H](O)[C@@H](O)C(=O)O. The monoisotopic (exact) mass is 1450 g/mol. The second-order valence-electron chi connectivity index (χ2n) is 26.6. The Morgan fingerprint density at radius 2 is 1.39 bits per heavy atom. The smallest absolute Gasteiger partial charge is 0.344 e. The van der Waals surface area contributed by atoms with Crippen molar-refractivity contribution in [3.63, 3.8) is 0 Å². The summed E-state index contributed by atoms with van der Waals surface area (Å²) in [6.07, 6.45) is 1.42. The summed E-state index contributed by atoms with van der Waals surface area (Å²) < 4.78 is 60.7. The number of carboxylic acids is 5. The van der Waals surface area contributed by atoms with Crippen LogP contribution in [0.25, 0.3) is 28.1 Å². The third kappa shape index (κ3) is 13.8. The number of methoxy groups -OCH3 is 3. The van der Waals surface area contributed by atoms with Crippen LogP contribution in [0.5, 0.6) is 5.75 Å². The first kappa shape index (κ1) is 77.5. The van der Waals surface area contributed by atoms with E-state index < -0.39 is 116 Å². The maximum atomic E-state index is 15.2. The van der Waals surface area contributed by atoms with Crippen molar-refractivity contribution >= 4 is 91.4 Å². The van der Waals surface area contributed by atoms with E-state index in [2.05, 4.69) is 58.1 Å². The molecular weight excluding hydrogens is 1370 g/mol. The molecule has 12 rings (SSSR count). The molecule has 1 aromatic heterocycles. The molecule has 2 aliphatic carbocycles. The highest BCUT2D eigenvalue weighted by molar-refractivity contribution is 7.90. The van der Waals surface area contributed by atoms with Crippen LogP contribution < -0.4 is 9.64 Å². The van der Waals surface area contributed by atoms with Gasteiger partial charge in [0.1, 0.15) is 17.0 Å². The molecule has 1 saturated carbocycles. The Labute approximate surface area is 591 Å². The molecule has 2 unspecified atom stereocenters. The molecular formula is C73H83FN4O24S. The van der Waals surface area contributed by atoms with Gasteiger partial charge in [-0.3, -0.25) is 24.2 Å². The van der Waals surface area contributed by atoms with Crippen molar-refractivity contribution in [3.05, 3.63) is 153 Å². The van der Waals surface area contributed by atoms with E-state index in [1.54, 1.807) is 25.3 Å². The number of carbonyl (C=O) groups is 8. The van der Waals surface area contributed by atoms with E-state index in [9.17, 15) is 51.5 Å². The summed E-state index contributed by atoms with van der Waals surface area (Å²) in [5.74, 6) is -9.78. The summed E-state index contributed by atoms with van der Waals surface area (Å²) in [4.78, 5) is 104. The Balaban J connectivity index is 0.000000219. The minimum atomic E-state index is -3.27. The molecule has 13 atom stereocenters. The van der Waals surface area contributed by atoms with Gasteiger partial charge in [-0.25, -0.2) is 36.8 Å². The maximum absolute atomic E-state index is 15.2. The number of aromatic nitrogens is 1. The van der Waals surface area contributed by atoms with Gasteiger partial charge in [0.15, 0.2) is 40.4 Å². The van der Waals surface area contributed by atoms with E-state index in [4.69, 9.17) is 64.9 Å². The van der Waals surface area contributed by atoms with Crippen molar-refractivity contribution in [1.82, 2.24) is 14.8 Å². The topological polar surface area (TPSA) is 435 Å². The number of para-hydroxylation sites is 1. The van der Waals surface area contributed by atoms with Crippen LogP contribution in [0.3, 0.4) is 0 Å². The van der Waals surface area contributed by atoms with Gasteiger partial charge < -0.3 is 79.9 Å². The summed E-state index contributed by atoms with van der Waals surface area (Å²) in [6.45, 7) is 11.0. The molecule has 0 amide bonds. The second-order valence-corrected chi connectivity index (χ2v) is 28.6. The third-order valence-corrected chi connectivity index (χ3v) is 21.9. The minimum absolute atomic E-state index is 0.0284. The number of fused-ring (bicyclic) bond motifs is 7. The number of nitrogens with zero attached hydrogens (tertiary/aromatic N) is 3. The van der Waals surface area contributed by atoms with E-state index in [0.717, 1.165) is 81.5 Å². The molecule has 2 fully saturated rings. The molecule has 103 heavy (non-hydrogen) atoms. The van der Waals surface area contributed by atoms with Gasteiger partial charge in [0.05, 0.1) is 38.7 Å². The second kappa shape index (κ2) is 30.0. The number of hydrogen-bond donors (Lipinski definition) is 11. The number of hydrogen-bond acceptors (Lipinski definition) is 22. The van der Waals surface area contributed by atoms with Gasteiger partial charge in [0.25, 0.3) is 0 Å². The average molecular weight is 1450 g/mol. The standard InChI is InChI=1S/C45H54N4O8.C20H17FO4S.2C4H6O6/c1-8-27-19-28-22-44(40(51)55-6,36-30(25-48(23-27)24-28)29-13-10-11-14-33(29)46-36)32-20-31-34(21-35(32)54-5)47(4)38-43(31)16-18-49-17-12-15-42(9-2,37(43)49)39(57-26(3)50)45(38,53)41(52)56-7;1-12-17(9-13-3-6-15(7-4-13)26(2,24)25)16-8-5-14(21)10-19(16)18(12)11-20(22)23;2*5-1(3(7)8)2(6)4(9)10/h10-15,19-21,28,37-39,46,53H,8-9,16-18,22-25H2,1-7H3;3-10H,11H2,1-2H3,(H,22,23);2*1-2,5-6H,(H,7,8)(H,9,10)/b;17-9-;;/t28?,37-,38+,39+,42+,43+,44-,45-;;2*1-,2-/m0.11/s1. The van der Waals surface area contributed by atoms with Gasteiger partial charge in [-0.2, -0.15) is 0 Å². The fourth-order valence-electron chi connectivity index (χ4n) is 16.5. The number of ether oxygens (including phenoxy) is 4. The number of likely N-dealkylation sites (N-methyl/N-ethyl adjacent to an activating group) is 1. The van der Waals surface area contributed by atoms with Crippen molar-refractivity contribution in [2.24, 2.45) is 11.3 Å². The number of aromatic amines is 1. The number of nitrogens with one attached hydrogen (secondary N) is 1. The zero-order valence-electron chi connectivity index (χ0n) is 57.8. The van der Waals surface area contributed by atoms with Crippen LogP contribution in [0.15, 0.2) is 113 Å². The number of allylic oxidation sites excluding steroid dienone is 2. The maximum Gasteiger partial charge on any atom is 0.344 e. The first-order valence-corrected chi connectivity index (χ1v) is 34.7. The molecule has 28 nitrogen and oxygen atoms in total. The van der Waals surface area contributed by atoms with Crippen LogP contribution in [0, 0.1) is 17.2 Å². The normalized spacial score (nSPS) is 26.3. The highest BCUT2D eigenvalue weighted by Gasteiger charge is 2.80. The quantitative estimate of drug-likeness (QED) is 0.0346. The lowest BCUT2D eigenvalue weighted by Gasteiger charge is -2.63. The fourth-order valence-corrected chi connectivity index (χ4v) is 17.1. The van der Waals surface area contributed by atoms with Gasteiger partial charge in [-0.15, -0.1) is 0 Å². The number of esters is 3. The third-order valence-electron chi connectivity index (χ3n) is 20.8. The largest absolute Gasteiger partial charge is 0.496 e. The van der Waals surface area contributed by atoms with Crippen molar-refractivity contribution in [1.29, 1.82) is 0 Å². The predicted octanol–water partition coefficient (Wildman–Crippen LogP) is 4.54. The van der Waals surface area contributed by atoms with Gasteiger partial charge in [-0.1, -0.05) is 74.0 Å². The number of carbonyl (C=O) groups excluding carboxylic acids is 3. The number of benzene rings is 4. The average Bonchev–Trinajstić information content (AvgIpc) is 1.48. The Bertz CT molecular complexity index is 4400. The van der Waals surface area contributed by atoms with Crippen molar-refractivity contribution in [2.45, 2.75) is 130 Å². The van der Waals surface area contributed by atoms with Crippen LogP contribution in [-0.4, -0.2) is 231 Å². The molecule has 30 heteroatoms. The lowest BCUT2D eigenvalue weighted by Crippen LogP contribution is -2.81. The molecule has 5 aliphatic heterocycles. The number of halogens is 1. The Morgan fingerprint density at radius 3 is 1.93 bits per heavy atom. The van der Waals surface area contributed by atoms with Crippen LogP contribution >= 0.6 is 0 Å². The Morgan fingerprint density at radius 1 is 0.777 bits per heavy atom. The molecule has 0 radical (unpaired) electrons. The summed E-state index contributed by atoms with van der Waals surface area (Å²) in [5.41, 5.74) is 5.36. The minimum Gasteiger partial charge on any atom is -0.496 e. The van der Waals surface area contributed by atoms with Gasteiger partial charge in [0.2, 0.25) is 5.60 Å². The molecule has 4 aromatic carbocycles. The summed E-state index contributed by atoms with van der Waals surface area (Å²) >= 11 is 0. The number of aliphatic hydroxyl groups is 5. The lowest BCUT2D eigenvalue weighted by atomic mass is 9.47. The number of aliphatic hydroxyl groups excluding tert-OH is 4. The van der Waals surface area contributed by atoms with E-state index in [1.807, 2.05) is 50.1 Å². The molecule has 552 valence electrons. The molecule has 11 N–H and O–H groups in total. The number of anilines is 1. The number of sulfone groups is 1. The van der Waals surface area contributed by atoms with Crippen molar-refractivity contribution in [2.75, 3.05) is 65.7 Å². The summed E-state index contributed by atoms with van der Waals surface area (Å²) in [6, 6.07) is 21.9. The molecule has 5 aromatic rings. The lowest BCUT2D eigenvalue weighted by molar-refractivity contribution is -0.228. The van der Waals surface area contributed by atoms with E-state index in [-0.39, 0.29) is 29.2 Å². The van der Waals surface area contributed by atoms with Crippen LogP contribution in [0.1, 0.15) is 98.9 Å². The first-order chi connectivity index (χ1) is 48.5. The Kier molecular flexibility index (Phi) is 22.5. The zero-order chi connectivity index (χ0) is 75.9. The summed E-state index contributed by atoms with van der Waals surface area (Å²) in [7, 11) is 2.95.